The van der Waals surface area contributed by atoms with Gasteiger partial charge in [-0.05, 0) is 61.9 Å². The van der Waals surface area contributed by atoms with Crippen LogP contribution in [-0.4, -0.2) is 19.8 Å². The lowest BCUT2D eigenvalue weighted by atomic mass is 9.85. The largest absolute Gasteiger partial charge is 0.760 e. The van der Waals surface area contributed by atoms with Crippen LogP contribution in [-0.2, 0) is 17.7 Å². The summed E-state index contributed by atoms with van der Waals surface area (Å²) in [7, 11) is 0. The number of nitrogens with one attached hydrogen (secondary N) is 1. The maximum atomic E-state index is 11.2. The van der Waals surface area contributed by atoms with Crippen molar-refractivity contribution in [2.75, 3.05) is 0 Å². The Labute approximate surface area is 188 Å². The van der Waals surface area contributed by atoms with Crippen molar-refractivity contribution in [1.82, 2.24) is 9.71 Å². The number of thiazole rings is 1. The van der Waals surface area contributed by atoms with E-state index >= 15 is 0 Å². The lowest BCUT2D eigenvalue weighted by molar-refractivity contribution is 0.243. The maximum Gasteiger partial charge on any atom is 0.147 e. The number of nitriles is 1. The highest BCUT2D eigenvalue weighted by Crippen LogP contribution is 2.42. The van der Waals surface area contributed by atoms with Gasteiger partial charge >= 0.3 is 0 Å². The van der Waals surface area contributed by atoms with Gasteiger partial charge in [-0.25, -0.2) is 9.71 Å². The van der Waals surface area contributed by atoms with Crippen molar-refractivity contribution in [3.63, 3.8) is 0 Å². The Balaban J connectivity index is 1.75. The van der Waals surface area contributed by atoms with E-state index in [1.54, 1.807) is 17.4 Å². The van der Waals surface area contributed by atoms with Crippen molar-refractivity contribution in [2.45, 2.75) is 45.3 Å². The number of nitrogens with zero attached hydrogens (tertiary/aromatic N) is 2. The zero-order chi connectivity index (χ0) is 22.0. The third kappa shape index (κ3) is 4.55. The predicted octanol–water partition coefficient (Wildman–Crippen LogP) is 4.90. The topological polar surface area (TPSA) is 98.1 Å². The van der Waals surface area contributed by atoms with Crippen molar-refractivity contribution < 1.29 is 13.5 Å². The molecule has 6 nitrogen and oxygen atoms in total. The SMILES string of the molecule is CC(C)Oc1c(C#N)cccc1-c1ncc(-c2cccc3c2CCCC3NS(=O)[O-])s1. The summed E-state index contributed by atoms with van der Waals surface area (Å²) in [6.45, 7) is 3.86. The van der Waals surface area contributed by atoms with Crippen LogP contribution in [0.4, 0.5) is 0 Å². The van der Waals surface area contributed by atoms with Gasteiger partial charge in [0, 0.05) is 23.5 Å². The van der Waals surface area contributed by atoms with Crippen LogP contribution in [0.5, 0.6) is 5.75 Å². The van der Waals surface area contributed by atoms with Crippen molar-refractivity contribution in [3.8, 4) is 32.8 Å². The van der Waals surface area contributed by atoms with Crippen LogP contribution in [0.3, 0.4) is 0 Å². The molecule has 0 bridgehead atoms. The molecule has 2 unspecified atom stereocenters. The Kier molecular flexibility index (Phi) is 6.49. The van der Waals surface area contributed by atoms with Gasteiger partial charge in [-0.1, -0.05) is 24.3 Å². The molecule has 1 aliphatic rings. The molecule has 31 heavy (non-hydrogen) atoms. The molecule has 0 saturated carbocycles. The molecule has 3 aromatic rings. The molecule has 1 heterocycles. The molecule has 0 amide bonds. The Bertz CT molecular complexity index is 1170. The van der Waals surface area contributed by atoms with Crippen LogP contribution in [0.2, 0.25) is 0 Å². The minimum absolute atomic E-state index is 0.0650. The van der Waals surface area contributed by atoms with Crippen LogP contribution in [0.1, 0.15) is 49.4 Å². The monoisotopic (exact) mass is 452 g/mol. The zero-order valence-corrected chi connectivity index (χ0v) is 18.9. The van der Waals surface area contributed by atoms with E-state index in [0.717, 1.165) is 51.4 Å². The average Bonchev–Trinajstić information content (AvgIpc) is 3.23. The molecule has 0 spiro atoms. The standard InChI is InChI=1S/C23H23N3O3S2/c1-14(2)29-22-15(12-24)6-3-10-19(22)23-25-13-21(30-23)18-9-4-8-17-16(18)7-5-11-20(17)26-31(27)28/h3-4,6,8-10,13-14,20,26H,5,7,11H2,1-2H3,(H,27,28)/p-1. The van der Waals surface area contributed by atoms with Crippen molar-refractivity contribution in [1.29, 1.82) is 5.26 Å². The number of hydrogen-bond donors (Lipinski definition) is 1. The molecule has 4 rings (SSSR count). The fraction of sp³-hybridized carbons (Fsp3) is 0.304. The first-order valence-corrected chi connectivity index (χ1v) is 12.0. The zero-order valence-electron chi connectivity index (χ0n) is 17.3. The summed E-state index contributed by atoms with van der Waals surface area (Å²) < 4.78 is 31.0. The lowest BCUT2D eigenvalue weighted by Crippen LogP contribution is -2.26. The first-order chi connectivity index (χ1) is 15.0. The molecule has 0 saturated heterocycles. The molecule has 1 aromatic heterocycles. The number of para-hydroxylation sites is 1. The minimum atomic E-state index is -2.30. The highest BCUT2D eigenvalue weighted by atomic mass is 32.2. The van der Waals surface area contributed by atoms with E-state index in [4.69, 9.17) is 4.74 Å². The first-order valence-electron chi connectivity index (χ1n) is 10.1. The predicted molar refractivity (Wildman–Crippen MR) is 121 cm³/mol. The van der Waals surface area contributed by atoms with Gasteiger partial charge in [0.2, 0.25) is 0 Å². The van der Waals surface area contributed by atoms with E-state index in [1.807, 2.05) is 44.3 Å². The van der Waals surface area contributed by atoms with Crippen LogP contribution < -0.4 is 9.46 Å². The van der Waals surface area contributed by atoms with E-state index in [9.17, 15) is 14.0 Å². The summed E-state index contributed by atoms with van der Waals surface area (Å²) in [5.41, 5.74) is 4.55. The fourth-order valence-electron chi connectivity index (χ4n) is 4.00. The molecule has 2 atom stereocenters. The van der Waals surface area contributed by atoms with E-state index in [-0.39, 0.29) is 12.1 Å². The number of ether oxygens (including phenoxy) is 1. The van der Waals surface area contributed by atoms with Gasteiger partial charge in [0.25, 0.3) is 0 Å². The number of hydrogen-bond acceptors (Lipinski definition) is 6. The van der Waals surface area contributed by atoms with Gasteiger partial charge in [0.15, 0.2) is 0 Å². The summed E-state index contributed by atoms with van der Waals surface area (Å²) in [5, 5.41) is 10.3. The molecule has 1 N–H and O–H groups in total. The highest BCUT2D eigenvalue weighted by molar-refractivity contribution is 7.77. The summed E-state index contributed by atoms with van der Waals surface area (Å²) in [6.07, 6.45) is 4.38. The molecular formula is C23H22N3O3S2-. The Morgan fingerprint density at radius 1 is 1.29 bits per heavy atom. The van der Waals surface area contributed by atoms with E-state index < -0.39 is 11.3 Å². The van der Waals surface area contributed by atoms with E-state index in [2.05, 4.69) is 21.8 Å². The molecule has 8 heteroatoms. The first kappa shape index (κ1) is 21.7. The summed E-state index contributed by atoms with van der Waals surface area (Å²) >= 11 is -0.759. The van der Waals surface area contributed by atoms with Gasteiger partial charge in [0.1, 0.15) is 16.8 Å². The molecule has 1 aliphatic carbocycles. The van der Waals surface area contributed by atoms with Gasteiger partial charge in [0.05, 0.1) is 22.1 Å². The normalized spacial score (nSPS) is 16.5. The number of benzene rings is 2. The van der Waals surface area contributed by atoms with E-state index in [0.29, 0.717) is 11.3 Å². The maximum absolute atomic E-state index is 11.2. The Morgan fingerprint density at radius 3 is 2.81 bits per heavy atom. The molecule has 0 radical (unpaired) electrons. The smallest absolute Gasteiger partial charge is 0.147 e. The van der Waals surface area contributed by atoms with Gasteiger partial charge in [-0.15, -0.1) is 11.3 Å². The van der Waals surface area contributed by atoms with Crippen LogP contribution in [0, 0.1) is 11.3 Å². The molecule has 0 aliphatic heterocycles. The Morgan fingerprint density at radius 2 is 2.06 bits per heavy atom. The summed E-state index contributed by atoms with van der Waals surface area (Å²) in [4.78, 5) is 5.65. The second-order valence-corrected chi connectivity index (χ2v) is 9.40. The molecule has 2 aromatic carbocycles. The number of aromatic nitrogens is 1. The fourth-order valence-corrected chi connectivity index (χ4v) is 5.47. The van der Waals surface area contributed by atoms with Gasteiger partial charge < -0.3 is 9.29 Å². The van der Waals surface area contributed by atoms with Gasteiger partial charge in [-0.3, -0.25) is 4.21 Å². The third-order valence-corrected chi connectivity index (χ3v) is 6.78. The van der Waals surface area contributed by atoms with Crippen LogP contribution in [0.15, 0.2) is 42.6 Å². The lowest BCUT2D eigenvalue weighted by Gasteiger charge is -2.28. The van der Waals surface area contributed by atoms with Crippen molar-refractivity contribution in [3.05, 3.63) is 59.3 Å². The summed E-state index contributed by atoms with van der Waals surface area (Å²) in [5.74, 6) is 0.554. The number of rotatable bonds is 6. The minimum Gasteiger partial charge on any atom is -0.760 e. The molecule has 160 valence electrons. The highest BCUT2D eigenvalue weighted by Gasteiger charge is 2.24. The quantitative estimate of drug-likeness (QED) is 0.537. The van der Waals surface area contributed by atoms with Crippen molar-refractivity contribution in [2.24, 2.45) is 0 Å². The van der Waals surface area contributed by atoms with E-state index in [1.165, 1.54) is 0 Å². The third-order valence-electron chi connectivity index (χ3n) is 5.24. The second kappa shape index (κ2) is 9.28. The van der Waals surface area contributed by atoms with Crippen LogP contribution in [0.25, 0.3) is 21.0 Å². The second-order valence-electron chi connectivity index (χ2n) is 7.66. The Hall–Kier alpha value is -2.57. The van der Waals surface area contributed by atoms with Gasteiger partial charge in [-0.2, -0.15) is 5.26 Å². The van der Waals surface area contributed by atoms with Crippen molar-refractivity contribution >= 4 is 22.6 Å². The number of fused-ring (bicyclic) bond motifs is 1. The summed E-state index contributed by atoms with van der Waals surface area (Å²) in [6, 6.07) is 13.5. The van der Waals surface area contributed by atoms with Crippen LogP contribution >= 0.6 is 11.3 Å². The molecule has 0 fully saturated rings. The average molecular weight is 453 g/mol. The molecular weight excluding hydrogens is 430 g/mol.